The van der Waals surface area contributed by atoms with E-state index >= 15 is 0 Å². The van der Waals surface area contributed by atoms with Crippen LogP contribution in [0.3, 0.4) is 0 Å². The van der Waals surface area contributed by atoms with Crippen LogP contribution in [-0.4, -0.2) is 43.8 Å². The van der Waals surface area contributed by atoms with Gasteiger partial charge >= 0.3 is 0 Å². The molecule has 1 aliphatic rings. The van der Waals surface area contributed by atoms with E-state index in [1.807, 2.05) is 0 Å². The second-order valence-electron chi connectivity index (χ2n) is 6.63. The lowest BCUT2D eigenvalue weighted by molar-refractivity contribution is 0.0715. The van der Waals surface area contributed by atoms with E-state index in [1.54, 1.807) is 7.11 Å². The summed E-state index contributed by atoms with van der Waals surface area (Å²) in [4.78, 5) is 2.57. The van der Waals surface area contributed by atoms with Gasteiger partial charge in [-0.2, -0.15) is 0 Å². The van der Waals surface area contributed by atoms with E-state index in [1.165, 1.54) is 19.3 Å². The molecule has 0 amide bonds. The van der Waals surface area contributed by atoms with Crippen molar-refractivity contribution in [3.05, 3.63) is 0 Å². The first kappa shape index (κ1) is 16.9. The van der Waals surface area contributed by atoms with E-state index in [-0.39, 0.29) is 0 Å². The van der Waals surface area contributed by atoms with Crippen LogP contribution >= 0.6 is 0 Å². The lowest BCUT2D eigenvalue weighted by atomic mass is 9.72. The molecule has 0 radical (unpaired) electrons. The maximum atomic E-state index is 6.42. The Kier molecular flexibility index (Phi) is 7.33. The summed E-state index contributed by atoms with van der Waals surface area (Å²) < 4.78 is 5.25. The SMILES string of the molecule is CCC(C)N(CCOC)CC1C(C)CC(C)CC1N. The van der Waals surface area contributed by atoms with Crippen LogP contribution in [0.5, 0.6) is 0 Å². The Morgan fingerprint density at radius 3 is 2.53 bits per heavy atom. The summed E-state index contributed by atoms with van der Waals surface area (Å²) in [6.07, 6.45) is 3.71. The largest absolute Gasteiger partial charge is 0.383 e. The maximum absolute atomic E-state index is 6.42. The number of nitrogens with zero attached hydrogens (tertiary/aromatic N) is 1. The second kappa shape index (κ2) is 8.23. The van der Waals surface area contributed by atoms with Crippen molar-refractivity contribution in [3.8, 4) is 0 Å². The van der Waals surface area contributed by atoms with Crippen molar-refractivity contribution < 1.29 is 4.74 Å². The van der Waals surface area contributed by atoms with Crippen LogP contribution in [0.2, 0.25) is 0 Å². The molecule has 1 saturated carbocycles. The highest BCUT2D eigenvalue weighted by molar-refractivity contribution is 4.88. The minimum absolute atomic E-state index is 0.368. The number of methoxy groups -OCH3 is 1. The highest BCUT2D eigenvalue weighted by atomic mass is 16.5. The number of ether oxygens (including phenoxy) is 1. The molecular formula is C16H34N2O. The molecule has 114 valence electrons. The van der Waals surface area contributed by atoms with E-state index in [0.29, 0.717) is 18.0 Å². The Morgan fingerprint density at radius 1 is 1.32 bits per heavy atom. The monoisotopic (exact) mass is 270 g/mol. The van der Waals surface area contributed by atoms with Gasteiger partial charge in [0.05, 0.1) is 6.61 Å². The van der Waals surface area contributed by atoms with Crippen LogP contribution in [0, 0.1) is 17.8 Å². The molecule has 0 heterocycles. The van der Waals surface area contributed by atoms with E-state index < -0.39 is 0 Å². The molecule has 0 spiro atoms. The molecule has 0 aromatic heterocycles. The predicted octanol–water partition coefficient (Wildman–Crippen LogP) is 2.74. The van der Waals surface area contributed by atoms with Crippen LogP contribution in [-0.2, 0) is 4.74 Å². The number of hydrogen-bond donors (Lipinski definition) is 1. The predicted molar refractivity (Wildman–Crippen MR) is 82.2 cm³/mol. The van der Waals surface area contributed by atoms with Crippen LogP contribution in [0.25, 0.3) is 0 Å². The van der Waals surface area contributed by atoms with Gasteiger partial charge in [-0.25, -0.2) is 0 Å². The molecule has 0 bridgehead atoms. The summed E-state index contributed by atoms with van der Waals surface area (Å²) in [6.45, 7) is 12.3. The molecule has 5 unspecified atom stereocenters. The van der Waals surface area contributed by atoms with Gasteiger partial charge in [-0.15, -0.1) is 0 Å². The Balaban J connectivity index is 2.60. The minimum Gasteiger partial charge on any atom is -0.383 e. The zero-order chi connectivity index (χ0) is 14.4. The van der Waals surface area contributed by atoms with Crippen LogP contribution in [0.4, 0.5) is 0 Å². The fraction of sp³-hybridized carbons (Fsp3) is 1.00. The Labute approximate surface area is 119 Å². The lowest BCUT2D eigenvalue weighted by Gasteiger charge is -2.41. The number of nitrogens with two attached hydrogens (primary N) is 1. The van der Waals surface area contributed by atoms with E-state index in [4.69, 9.17) is 10.5 Å². The normalized spacial score (nSPS) is 33.6. The first-order valence-corrected chi connectivity index (χ1v) is 7.98. The van der Waals surface area contributed by atoms with Crippen molar-refractivity contribution in [1.29, 1.82) is 0 Å². The molecule has 19 heavy (non-hydrogen) atoms. The van der Waals surface area contributed by atoms with Gasteiger partial charge in [0.1, 0.15) is 0 Å². The molecule has 1 fully saturated rings. The van der Waals surface area contributed by atoms with Crippen LogP contribution in [0.1, 0.15) is 47.0 Å². The molecular weight excluding hydrogens is 236 g/mol. The van der Waals surface area contributed by atoms with Crippen molar-refractivity contribution in [3.63, 3.8) is 0 Å². The summed E-state index contributed by atoms with van der Waals surface area (Å²) in [5.74, 6) is 2.17. The third-order valence-electron chi connectivity index (χ3n) is 4.97. The van der Waals surface area contributed by atoms with Crippen LogP contribution in [0.15, 0.2) is 0 Å². The minimum atomic E-state index is 0.368. The Bertz CT molecular complexity index is 235. The molecule has 1 aliphatic carbocycles. The zero-order valence-corrected chi connectivity index (χ0v) is 13.6. The summed E-state index contributed by atoms with van der Waals surface area (Å²) in [5.41, 5.74) is 6.42. The fourth-order valence-corrected chi connectivity index (χ4v) is 3.51. The third kappa shape index (κ3) is 5.05. The Morgan fingerprint density at radius 2 is 2.00 bits per heavy atom. The van der Waals surface area contributed by atoms with E-state index in [9.17, 15) is 0 Å². The van der Waals surface area contributed by atoms with Crippen molar-refractivity contribution in [2.75, 3.05) is 26.8 Å². The van der Waals surface area contributed by atoms with Gasteiger partial charge in [0, 0.05) is 32.3 Å². The molecule has 3 heteroatoms. The van der Waals surface area contributed by atoms with Gasteiger partial charge in [-0.3, -0.25) is 4.90 Å². The first-order valence-electron chi connectivity index (χ1n) is 7.98. The average molecular weight is 270 g/mol. The molecule has 0 saturated heterocycles. The molecule has 0 aliphatic heterocycles. The van der Waals surface area contributed by atoms with Gasteiger partial charge in [-0.05, 0) is 43.9 Å². The summed E-state index contributed by atoms with van der Waals surface area (Å²) in [6, 6.07) is 0.988. The van der Waals surface area contributed by atoms with Crippen molar-refractivity contribution in [2.24, 2.45) is 23.5 Å². The zero-order valence-electron chi connectivity index (χ0n) is 13.6. The first-order chi connectivity index (χ1) is 8.99. The molecule has 1 rings (SSSR count). The van der Waals surface area contributed by atoms with Crippen molar-refractivity contribution >= 4 is 0 Å². The number of hydrogen-bond acceptors (Lipinski definition) is 3. The quantitative estimate of drug-likeness (QED) is 0.773. The molecule has 2 N–H and O–H groups in total. The number of rotatable bonds is 7. The molecule has 0 aromatic rings. The topological polar surface area (TPSA) is 38.5 Å². The highest BCUT2D eigenvalue weighted by Crippen LogP contribution is 2.33. The highest BCUT2D eigenvalue weighted by Gasteiger charge is 2.33. The lowest BCUT2D eigenvalue weighted by Crippen LogP contribution is -2.49. The summed E-state index contributed by atoms with van der Waals surface area (Å²) in [5, 5.41) is 0. The van der Waals surface area contributed by atoms with Crippen molar-refractivity contribution in [2.45, 2.75) is 59.0 Å². The van der Waals surface area contributed by atoms with Gasteiger partial charge in [0.15, 0.2) is 0 Å². The van der Waals surface area contributed by atoms with Crippen molar-refractivity contribution in [1.82, 2.24) is 4.90 Å². The molecule has 3 nitrogen and oxygen atoms in total. The standard InChI is InChI=1S/C16H34N2O/c1-6-14(4)18(7-8-19-5)11-15-13(3)9-12(2)10-16(15)17/h12-16H,6-11,17H2,1-5H3. The third-order valence-corrected chi connectivity index (χ3v) is 4.97. The maximum Gasteiger partial charge on any atom is 0.0589 e. The summed E-state index contributed by atoms with van der Waals surface area (Å²) in [7, 11) is 1.78. The smallest absolute Gasteiger partial charge is 0.0589 e. The molecule has 0 aromatic carbocycles. The molecule has 5 atom stereocenters. The summed E-state index contributed by atoms with van der Waals surface area (Å²) >= 11 is 0. The average Bonchev–Trinajstić information content (AvgIpc) is 2.36. The van der Waals surface area contributed by atoms with Crippen LogP contribution < -0.4 is 5.73 Å². The van der Waals surface area contributed by atoms with Gasteiger partial charge in [0.2, 0.25) is 0 Å². The second-order valence-corrected chi connectivity index (χ2v) is 6.63. The van der Waals surface area contributed by atoms with Gasteiger partial charge in [-0.1, -0.05) is 20.8 Å². The Hall–Kier alpha value is -0.120. The van der Waals surface area contributed by atoms with E-state index in [2.05, 4.69) is 32.6 Å². The van der Waals surface area contributed by atoms with Gasteiger partial charge < -0.3 is 10.5 Å². The van der Waals surface area contributed by atoms with Gasteiger partial charge in [0.25, 0.3) is 0 Å². The fourth-order valence-electron chi connectivity index (χ4n) is 3.51. The van der Waals surface area contributed by atoms with E-state index in [0.717, 1.165) is 31.5 Å².